The van der Waals surface area contributed by atoms with Crippen molar-refractivity contribution in [2.45, 2.75) is 79.4 Å². The van der Waals surface area contributed by atoms with Crippen molar-refractivity contribution in [1.29, 1.82) is 0 Å². The van der Waals surface area contributed by atoms with Crippen LogP contribution in [0.3, 0.4) is 0 Å². The number of nitrogens with zero attached hydrogens (tertiary/aromatic N) is 3. The van der Waals surface area contributed by atoms with Crippen molar-refractivity contribution in [2.75, 3.05) is 0 Å². The summed E-state index contributed by atoms with van der Waals surface area (Å²) in [6.07, 6.45) is 1.77. The lowest BCUT2D eigenvalue weighted by atomic mass is 9.83. The zero-order valence-corrected chi connectivity index (χ0v) is 34.2. The second-order valence-corrected chi connectivity index (χ2v) is 16.9. The van der Waals surface area contributed by atoms with Crippen molar-refractivity contribution >= 4 is 11.0 Å². The number of phenolic OH excluding ortho intramolecular Hbond substituents is 1. The van der Waals surface area contributed by atoms with E-state index in [1.165, 1.54) is 0 Å². The number of imidazole rings is 1. The van der Waals surface area contributed by atoms with Crippen LogP contribution in [-0.4, -0.2) is 19.6 Å². The van der Waals surface area contributed by atoms with Gasteiger partial charge in [0.15, 0.2) is 0 Å². The average molecular weight is 766 g/mol. The van der Waals surface area contributed by atoms with Crippen molar-refractivity contribution in [1.82, 2.24) is 14.5 Å². The Hall–Kier alpha value is -6.26. The maximum Gasteiger partial charge on any atom is 0.149 e. The van der Waals surface area contributed by atoms with Gasteiger partial charge < -0.3 is 5.11 Å². The van der Waals surface area contributed by atoms with Crippen LogP contribution in [-0.2, 0) is 5.41 Å². The summed E-state index contributed by atoms with van der Waals surface area (Å²) in [5, 5.41) is 12.2. The third kappa shape index (κ3) is 7.36. The topological polar surface area (TPSA) is 50.9 Å². The third-order valence-electron chi connectivity index (χ3n) is 11.1. The van der Waals surface area contributed by atoms with Crippen molar-refractivity contribution in [3.63, 3.8) is 0 Å². The molecule has 0 aliphatic heterocycles. The molecule has 0 atom stereocenters. The van der Waals surface area contributed by atoms with Crippen LogP contribution in [0.5, 0.6) is 5.75 Å². The first-order chi connectivity index (χ1) is 30.2. The summed E-state index contributed by atoms with van der Waals surface area (Å²) in [5.74, 6) is 0.707. The molecule has 0 bridgehead atoms. The molecule has 4 nitrogen and oxygen atoms in total. The van der Waals surface area contributed by atoms with Gasteiger partial charge in [-0.3, -0.25) is 9.55 Å². The van der Waals surface area contributed by atoms with Gasteiger partial charge in [0.05, 0.1) is 28.0 Å². The fraction of sp³-hybridized carbons (Fsp3) is 0.222. The molecule has 0 saturated carbocycles. The summed E-state index contributed by atoms with van der Waals surface area (Å²) in [7, 11) is 0. The maximum atomic E-state index is 12.2. The highest BCUT2D eigenvalue weighted by Gasteiger charge is 2.25. The minimum atomic E-state index is -2.49. The first-order valence-electron chi connectivity index (χ1n) is 23.0. The fourth-order valence-electron chi connectivity index (χ4n) is 7.72. The Morgan fingerprint density at radius 2 is 1.34 bits per heavy atom. The first kappa shape index (κ1) is 31.8. The van der Waals surface area contributed by atoms with Crippen molar-refractivity contribution in [2.24, 2.45) is 0 Å². The fourth-order valence-corrected chi connectivity index (χ4v) is 7.72. The highest BCUT2D eigenvalue weighted by molar-refractivity contribution is 5.97. The maximum absolute atomic E-state index is 12.2. The van der Waals surface area contributed by atoms with Crippen LogP contribution in [0.1, 0.15) is 96.3 Å². The molecule has 8 aromatic rings. The number of aromatic hydroxyl groups is 1. The number of aromatic nitrogens is 3. The summed E-state index contributed by atoms with van der Waals surface area (Å²) >= 11 is 0. The Morgan fingerprint density at radius 1 is 0.621 bits per heavy atom. The van der Waals surface area contributed by atoms with E-state index in [4.69, 9.17) is 18.2 Å². The number of pyridine rings is 1. The molecule has 0 aliphatic carbocycles. The summed E-state index contributed by atoms with van der Waals surface area (Å²) < 4.78 is 52.0. The van der Waals surface area contributed by atoms with E-state index in [2.05, 4.69) is 72.7 Å². The molecule has 0 radical (unpaired) electrons. The number of hydrogen-bond acceptors (Lipinski definition) is 3. The Bertz CT molecular complexity index is 3010. The largest absolute Gasteiger partial charge is 0.507 e. The van der Waals surface area contributed by atoms with Crippen molar-refractivity contribution < 1.29 is 13.3 Å². The summed E-state index contributed by atoms with van der Waals surface area (Å²) in [4.78, 5) is 10.3. The van der Waals surface area contributed by atoms with E-state index in [0.29, 0.717) is 28.1 Å². The van der Waals surface area contributed by atoms with Gasteiger partial charge in [-0.25, -0.2) is 4.98 Å². The minimum Gasteiger partial charge on any atom is -0.507 e. The van der Waals surface area contributed by atoms with E-state index in [0.717, 1.165) is 61.3 Å². The number of rotatable bonds is 8. The number of para-hydroxylation sites is 1. The second kappa shape index (κ2) is 15.2. The summed E-state index contributed by atoms with van der Waals surface area (Å²) in [6.45, 7) is 10.2. The van der Waals surface area contributed by atoms with Crippen LogP contribution in [0.4, 0.5) is 0 Å². The highest BCUT2D eigenvalue weighted by atomic mass is 16.3. The number of hydrogen-bond donors (Lipinski definition) is 1. The average Bonchev–Trinajstić information content (AvgIpc) is 3.65. The lowest BCUT2D eigenvalue weighted by molar-refractivity contribution is 0.466. The van der Waals surface area contributed by atoms with Crippen LogP contribution in [0.25, 0.3) is 72.7 Å². The third-order valence-corrected chi connectivity index (χ3v) is 11.1. The second-order valence-electron chi connectivity index (χ2n) is 16.9. The molecule has 0 saturated heterocycles. The van der Waals surface area contributed by atoms with Gasteiger partial charge in [0, 0.05) is 25.5 Å². The molecule has 0 aliphatic rings. The summed E-state index contributed by atoms with van der Waals surface area (Å²) in [5.41, 5.74) is 12.3. The number of aryl methyl sites for hydroxylation is 2. The molecule has 290 valence electrons. The predicted octanol–water partition coefficient (Wildman–Crippen LogP) is 14.6. The van der Waals surface area contributed by atoms with Crippen LogP contribution in [0.15, 0.2) is 140 Å². The minimum absolute atomic E-state index is 0.00755. The van der Waals surface area contributed by atoms with Gasteiger partial charge in [0.25, 0.3) is 0 Å². The Morgan fingerprint density at radius 3 is 2.05 bits per heavy atom. The van der Waals surface area contributed by atoms with E-state index < -0.39 is 13.7 Å². The number of benzene rings is 6. The van der Waals surface area contributed by atoms with Gasteiger partial charge in [-0.1, -0.05) is 139 Å². The molecule has 4 heteroatoms. The van der Waals surface area contributed by atoms with Crippen molar-refractivity contribution in [3.8, 4) is 67.5 Å². The molecular weight excluding hydrogens is 707 g/mol. The molecule has 2 aromatic heterocycles. The van der Waals surface area contributed by atoms with Crippen molar-refractivity contribution in [3.05, 3.63) is 167 Å². The van der Waals surface area contributed by atoms with Gasteiger partial charge in [-0.15, -0.1) is 0 Å². The van der Waals surface area contributed by atoms with Gasteiger partial charge in [-0.2, -0.15) is 0 Å². The molecule has 8 rings (SSSR count). The quantitative estimate of drug-likeness (QED) is 0.168. The Labute approximate surface area is 352 Å². The van der Waals surface area contributed by atoms with E-state index in [1.807, 2.05) is 95.6 Å². The lowest BCUT2D eigenvalue weighted by Gasteiger charge is -2.22. The monoisotopic (exact) mass is 765 g/mol. The molecule has 0 amide bonds. The SMILES string of the molecule is [2H]C([2H])([2H])c1ccc(-c2ccnc(-c3cc(-c4cccc5c4nc(-c4cc(C(C)C)cc(C(C)C)c4O)n5-c4ccc(-c5ccccc5)cc4C([2H])([2H])[2H])cc(C(C)(C)C)c3)c2)cc1. The Balaban J connectivity index is 1.39. The summed E-state index contributed by atoms with van der Waals surface area (Å²) in [6, 6.07) is 42.7. The smallest absolute Gasteiger partial charge is 0.149 e. The van der Waals surface area contributed by atoms with E-state index >= 15 is 0 Å². The highest BCUT2D eigenvalue weighted by Crippen LogP contribution is 2.44. The van der Waals surface area contributed by atoms with Crippen LogP contribution in [0, 0.1) is 13.7 Å². The van der Waals surface area contributed by atoms with Crippen LogP contribution >= 0.6 is 0 Å². The first-order valence-corrected chi connectivity index (χ1v) is 20.0. The molecule has 0 spiro atoms. The standard InChI is InChI=1S/C54H53N3O/c1-33(2)41-30-46(34(3)4)52(58)47(31-41)53-56-51-45(16-13-17-50(51)57(53)49-23-22-39(26-36(49)6)37-14-11-10-12-15-37)42-27-43(29-44(28-42)54(7,8)9)48-32-40(24-25-55-48)38-20-18-35(5)19-21-38/h10-34,58H,1-9H3/i5D3,6D3. The van der Waals surface area contributed by atoms with E-state index in [1.54, 1.807) is 24.4 Å². The van der Waals surface area contributed by atoms with Gasteiger partial charge >= 0.3 is 0 Å². The number of fused-ring (bicyclic) bond motifs is 1. The Kier molecular flexibility index (Phi) is 8.35. The zero-order chi connectivity index (χ0) is 45.9. The number of phenols is 1. The zero-order valence-electron chi connectivity index (χ0n) is 40.2. The van der Waals surface area contributed by atoms with Gasteiger partial charge in [0.1, 0.15) is 11.6 Å². The molecular formula is C54H53N3O. The van der Waals surface area contributed by atoms with Gasteiger partial charge in [-0.05, 0) is 130 Å². The molecule has 1 N–H and O–H groups in total. The lowest BCUT2D eigenvalue weighted by Crippen LogP contribution is -2.11. The molecule has 2 heterocycles. The van der Waals surface area contributed by atoms with Crippen LogP contribution < -0.4 is 0 Å². The van der Waals surface area contributed by atoms with Crippen LogP contribution in [0.2, 0.25) is 0 Å². The van der Waals surface area contributed by atoms with E-state index in [-0.39, 0.29) is 34.1 Å². The molecule has 6 aromatic carbocycles. The van der Waals surface area contributed by atoms with Gasteiger partial charge in [0.2, 0.25) is 0 Å². The predicted molar refractivity (Wildman–Crippen MR) is 244 cm³/mol. The molecule has 0 unspecified atom stereocenters. The molecule has 58 heavy (non-hydrogen) atoms. The van der Waals surface area contributed by atoms with E-state index in [9.17, 15) is 5.11 Å². The normalized spacial score (nSPS) is 13.9. The molecule has 0 fully saturated rings.